The first kappa shape index (κ1) is 15.5. The first-order valence-corrected chi connectivity index (χ1v) is 7.61. The van der Waals surface area contributed by atoms with Crippen LogP contribution in [0.25, 0.3) is 0 Å². The lowest BCUT2D eigenvalue weighted by Crippen LogP contribution is -2.44. The van der Waals surface area contributed by atoms with E-state index in [1.54, 1.807) is 0 Å². The molecule has 1 aromatic rings. The van der Waals surface area contributed by atoms with Gasteiger partial charge in [-0.3, -0.25) is 9.59 Å². The third-order valence-electron chi connectivity index (χ3n) is 4.03. The first-order valence-electron chi connectivity index (χ1n) is 7.61. The number of hydrogen-bond donors (Lipinski definition) is 0. The zero-order valence-corrected chi connectivity index (χ0v) is 12.6. The topological polar surface area (TPSA) is 46.6 Å². The molecular formula is C17H23NO3. The molecule has 1 unspecified atom stereocenters. The Labute approximate surface area is 126 Å². The second-order valence-corrected chi connectivity index (χ2v) is 5.50. The Morgan fingerprint density at radius 1 is 1.19 bits per heavy atom. The van der Waals surface area contributed by atoms with Crippen molar-refractivity contribution in [3.8, 4) is 0 Å². The van der Waals surface area contributed by atoms with E-state index in [0.717, 1.165) is 32.2 Å². The van der Waals surface area contributed by atoms with Crippen molar-refractivity contribution in [2.24, 2.45) is 0 Å². The summed E-state index contributed by atoms with van der Waals surface area (Å²) in [6, 6.07) is 10.5. The molecular weight excluding hydrogens is 266 g/mol. The summed E-state index contributed by atoms with van der Waals surface area (Å²) in [5.41, 5.74) is 1.26. The SMILES string of the molecule is COC(=O)CCC(=O)N1CCCCC1Cc1ccccc1. The summed E-state index contributed by atoms with van der Waals surface area (Å²) in [6.07, 6.45) is 4.57. The van der Waals surface area contributed by atoms with Crippen LogP contribution in [0.4, 0.5) is 0 Å². The van der Waals surface area contributed by atoms with Gasteiger partial charge >= 0.3 is 5.97 Å². The van der Waals surface area contributed by atoms with Gasteiger partial charge in [-0.05, 0) is 31.2 Å². The number of nitrogens with zero attached hydrogens (tertiary/aromatic N) is 1. The molecule has 0 aromatic heterocycles. The molecule has 1 aromatic carbocycles. The second kappa shape index (κ2) is 7.81. The first-order chi connectivity index (χ1) is 10.2. The molecule has 4 heteroatoms. The molecule has 2 rings (SSSR count). The number of likely N-dealkylation sites (tertiary alicyclic amines) is 1. The molecule has 1 aliphatic heterocycles. The lowest BCUT2D eigenvalue weighted by atomic mass is 9.95. The highest BCUT2D eigenvalue weighted by Crippen LogP contribution is 2.22. The fourth-order valence-electron chi connectivity index (χ4n) is 2.88. The van der Waals surface area contributed by atoms with E-state index in [9.17, 15) is 9.59 Å². The smallest absolute Gasteiger partial charge is 0.306 e. The number of carbonyl (C=O) groups excluding carboxylic acids is 2. The minimum atomic E-state index is -0.319. The number of rotatable bonds is 5. The van der Waals surface area contributed by atoms with Gasteiger partial charge in [0.15, 0.2) is 0 Å². The van der Waals surface area contributed by atoms with E-state index in [-0.39, 0.29) is 30.8 Å². The third kappa shape index (κ3) is 4.59. The quantitative estimate of drug-likeness (QED) is 0.783. The van der Waals surface area contributed by atoms with Gasteiger partial charge < -0.3 is 9.64 Å². The Balaban J connectivity index is 1.95. The molecule has 1 saturated heterocycles. The van der Waals surface area contributed by atoms with Crippen LogP contribution in [-0.2, 0) is 20.7 Å². The van der Waals surface area contributed by atoms with Crippen LogP contribution in [-0.4, -0.2) is 36.5 Å². The van der Waals surface area contributed by atoms with Crippen LogP contribution in [0, 0.1) is 0 Å². The number of piperidine rings is 1. The molecule has 0 saturated carbocycles. The van der Waals surface area contributed by atoms with E-state index in [1.165, 1.54) is 12.7 Å². The molecule has 0 N–H and O–H groups in total. The summed E-state index contributed by atoms with van der Waals surface area (Å²) in [5, 5.41) is 0. The predicted octanol–water partition coefficient (Wildman–Crippen LogP) is 2.56. The van der Waals surface area contributed by atoms with E-state index in [2.05, 4.69) is 16.9 Å². The highest BCUT2D eigenvalue weighted by atomic mass is 16.5. The van der Waals surface area contributed by atoms with Crippen LogP contribution in [0.2, 0.25) is 0 Å². The van der Waals surface area contributed by atoms with Crippen LogP contribution in [0.5, 0.6) is 0 Å². The molecule has 1 heterocycles. The lowest BCUT2D eigenvalue weighted by molar-refractivity contribution is -0.144. The second-order valence-electron chi connectivity index (χ2n) is 5.50. The Kier molecular flexibility index (Phi) is 5.78. The summed E-state index contributed by atoms with van der Waals surface area (Å²) in [6.45, 7) is 0.803. The third-order valence-corrected chi connectivity index (χ3v) is 4.03. The number of benzene rings is 1. The average Bonchev–Trinajstić information content (AvgIpc) is 2.53. The maximum absolute atomic E-state index is 12.3. The van der Waals surface area contributed by atoms with Gasteiger partial charge in [0, 0.05) is 19.0 Å². The molecule has 1 aliphatic rings. The zero-order valence-electron chi connectivity index (χ0n) is 12.6. The molecule has 1 fully saturated rings. The maximum atomic E-state index is 12.3. The standard InChI is InChI=1S/C17H23NO3/c1-21-17(20)11-10-16(19)18-12-6-5-9-15(18)13-14-7-3-2-4-8-14/h2-4,7-8,15H,5-6,9-13H2,1H3. The normalized spacial score (nSPS) is 18.3. The Morgan fingerprint density at radius 3 is 2.67 bits per heavy atom. The van der Waals surface area contributed by atoms with Crippen molar-refractivity contribution >= 4 is 11.9 Å². The van der Waals surface area contributed by atoms with Crippen molar-refractivity contribution in [2.75, 3.05) is 13.7 Å². The Morgan fingerprint density at radius 2 is 1.95 bits per heavy atom. The maximum Gasteiger partial charge on any atom is 0.306 e. The van der Waals surface area contributed by atoms with Gasteiger partial charge in [-0.15, -0.1) is 0 Å². The van der Waals surface area contributed by atoms with Crippen molar-refractivity contribution < 1.29 is 14.3 Å². The Hall–Kier alpha value is -1.84. The van der Waals surface area contributed by atoms with Crippen LogP contribution >= 0.6 is 0 Å². The molecule has 0 aliphatic carbocycles. The number of hydrogen-bond acceptors (Lipinski definition) is 3. The molecule has 1 amide bonds. The number of esters is 1. The largest absolute Gasteiger partial charge is 0.469 e. The number of carbonyl (C=O) groups is 2. The molecule has 114 valence electrons. The molecule has 1 atom stereocenters. The summed E-state index contributed by atoms with van der Waals surface area (Å²) in [7, 11) is 1.35. The number of amides is 1. The van der Waals surface area contributed by atoms with Crippen molar-refractivity contribution in [1.29, 1.82) is 0 Å². The van der Waals surface area contributed by atoms with Gasteiger partial charge in [0.2, 0.25) is 5.91 Å². The molecule has 21 heavy (non-hydrogen) atoms. The zero-order chi connectivity index (χ0) is 15.1. The van der Waals surface area contributed by atoms with Gasteiger partial charge in [-0.1, -0.05) is 30.3 Å². The van der Waals surface area contributed by atoms with Gasteiger partial charge in [0.25, 0.3) is 0 Å². The van der Waals surface area contributed by atoms with E-state index in [0.29, 0.717) is 0 Å². The molecule has 0 bridgehead atoms. The van der Waals surface area contributed by atoms with E-state index < -0.39 is 0 Å². The van der Waals surface area contributed by atoms with Gasteiger partial charge in [-0.25, -0.2) is 0 Å². The fourth-order valence-corrected chi connectivity index (χ4v) is 2.88. The minimum Gasteiger partial charge on any atom is -0.469 e. The van der Waals surface area contributed by atoms with Crippen LogP contribution in [0.3, 0.4) is 0 Å². The predicted molar refractivity (Wildman–Crippen MR) is 80.7 cm³/mol. The molecule has 0 spiro atoms. The summed E-state index contributed by atoms with van der Waals surface area (Å²) in [4.78, 5) is 25.5. The van der Waals surface area contributed by atoms with Crippen molar-refractivity contribution in [3.63, 3.8) is 0 Å². The van der Waals surface area contributed by atoms with E-state index >= 15 is 0 Å². The van der Waals surface area contributed by atoms with Crippen LogP contribution in [0.15, 0.2) is 30.3 Å². The number of methoxy groups -OCH3 is 1. The van der Waals surface area contributed by atoms with Gasteiger partial charge in [-0.2, -0.15) is 0 Å². The monoisotopic (exact) mass is 289 g/mol. The highest BCUT2D eigenvalue weighted by Gasteiger charge is 2.26. The minimum absolute atomic E-state index is 0.0704. The van der Waals surface area contributed by atoms with Crippen molar-refractivity contribution in [1.82, 2.24) is 4.90 Å². The highest BCUT2D eigenvalue weighted by molar-refractivity contribution is 5.81. The average molecular weight is 289 g/mol. The molecule has 0 radical (unpaired) electrons. The summed E-state index contributed by atoms with van der Waals surface area (Å²) >= 11 is 0. The van der Waals surface area contributed by atoms with Gasteiger partial charge in [0.1, 0.15) is 0 Å². The van der Waals surface area contributed by atoms with Crippen molar-refractivity contribution in [2.45, 2.75) is 44.6 Å². The summed E-state index contributed by atoms with van der Waals surface area (Å²) < 4.78 is 4.60. The summed E-state index contributed by atoms with van der Waals surface area (Å²) in [5.74, 6) is -0.249. The molecule has 4 nitrogen and oxygen atoms in total. The van der Waals surface area contributed by atoms with Crippen LogP contribution in [0.1, 0.15) is 37.7 Å². The van der Waals surface area contributed by atoms with Crippen molar-refractivity contribution in [3.05, 3.63) is 35.9 Å². The Bertz CT molecular complexity index is 472. The number of ether oxygens (including phenoxy) is 1. The fraction of sp³-hybridized carbons (Fsp3) is 0.529. The van der Waals surface area contributed by atoms with E-state index in [4.69, 9.17) is 0 Å². The van der Waals surface area contributed by atoms with E-state index in [1.807, 2.05) is 23.1 Å². The van der Waals surface area contributed by atoms with Gasteiger partial charge in [0.05, 0.1) is 13.5 Å². The van der Waals surface area contributed by atoms with Crippen LogP contribution < -0.4 is 0 Å². The lowest BCUT2D eigenvalue weighted by Gasteiger charge is -2.36.